The Hall–Kier alpha value is -0.910. The molecular weight excluding hydrogens is 328 g/mol. The zero-order valence-corrected chi connectivity index (χ0v) is 16.2. The van der Waals surface area contributed by atoms with E-state index < -0.39 is 0 Å². The van der Waals surface area contributed by atoms with Gasteiger partial charge < -0.3 is 9.84 Å². The maximum atomic E-state index is 11.3. The largest absolute Gasteiger partial charge is 0.393 e. The minimum Gasteiger partial charge on any atom is -0.393 e. The number of fused-ring (bicyclic) bond motifs is 5. The molecule has 0 aromatic carbocycles. The SMILES string of the molecule is CC12CC[C@H](OCC(=O)NN)C=C1CCC1C2CCC2(C)C(O)CCC12. The molecule has 0 radical (unpaired) electrons. The van der Waals surface area contributed by atoms with E-state index >= 15 is 0 Å². The van der Waals surface area contributed by atoms with Crippen LogP contribution in [0.3, 0.4) is 0 Å². The summed E-state index contributed by atoms with van der Waals surface area (Å²) in [6, 6.07) is 0. The summed E-state index contributed by atoms with van der Waals surface area (Å²) < 4.78 is 5.76. The first-order valence-corrected chi connectivity index (χ1v) is 10.4. The number of aliphatic hydroxyl groups excluding tert-OH is 1. The predicted molar refractivity (Wildman–Crippen MR) is 99.8 cm³/mol. The normalized spacial score (nSPS) is 47.4. The average Bonchev–Trinajstić information content (AvgIpc) is 2.94. The van der Waals surface area contributed by atoms with Gasteiger partial charge in [0.15, 0.2) is 0 Å². The van der Waals surface area contributed by atoms with Gasteiger partial charge >= 0.3 is 0 Å². The lowest BCUT2D eigenvalue weighted by Crippen LogP contribution is -2.51. The van der Waals surface area contributed by atoms with E-state index in [9.17, 15) is 9.90 Å². The molecule has 3 saturated carbocycles. The molecule has 7 atom stereocenters. The molecule has 0 saturated heterocycles. The van der Waals surface area contributed by atoms with E-state index in [-0.39, 0.29) is 35.6 Å². The second-order valence-electron chi connectivity index (χ2n) is 9.62. The highest BCUT2D eigenvalue weighted by atomic mass is 16.5. The molecule has 0 heterocycles. The van der Waals surface area contributed by atoms with Crippen molar-refractivity contribution < 1.29 is 14.6 Å². The number of nitrogens with two attached hydrogens (primary N) is 1. The molecule has 0 spiro atoms. The van der Waals surface area contributed by atoms with Gasteiger partial charge in [0.1, 0.15) is 6.61 Å². The van der Waals surface area contributed by atoms with Gasteiger partial charge in [-0.3, -0.25) is 10.2 Å². The molecule has 5 nitrogen and oxygen atoms in total. The molecule has 5 heteroatoms. The Balaban J connectivity index is 1.51. The summed E-state index contributed by atoms with van der Waals surface area (Å²) in [6.45, 7) is 4.84. The van der Waals surface area contributed by atoms with Crippen molar-refractivity contribution in [3.63, 3.8) is 0 Å². The van der Waals surface area contributed by atoms with Gasteiger partial charge in [-0.25, -0.2) is 5.84 Å². The summed E-state index contributed by atoms with van der Waals surface area (Å²) in [7, 11) is 0. The third-order valence-corrected chi connectivity index (χ3v) is 8.61. The molecule has 3 fully saturated rings. The molecule has 4 aliphatic rings. The molecule has 4 aliphatic carbocycles. The maximum Gasteiger partial charge on any atom is 0.259 e. The lowest BCUT2D eigenvalue weighted by Gasteiger charge is -2.58. The molecule has 4 N–H and O–H groups in total. The molecule has 4 rings (SSSR count). The van der Waals surface area contributed by atoms with Crippen LogP contribution in [0.25, 0.3) is 0 Å². The van der Waals surface area contributed by atoms with E-state index in [0.717, 1.165) is 37.5 Å². The lowest BCUT2D eigenvalue weighted by atomic mass is 9.47. The Morgan fingerprint density at radius 2 is 2.04 bits per heavy atom. The Morgan fingerprint density at radius 3 is 2.81 bits per heavy atom. The Kier molecular flexibility index (Phi) is 4.69. The molecule has 26 heavy (non-hydrogen) atoms. The van der Waals surface area contributed by atoms with Crippen LogP contribution in [0.4, 0.5) is 0 Å². The number of aliphatic hydroxyl groups is 1. The standard InChI is InChI=1S/C21H34N2O3/c1-20-9-7-14(26-12-19(25)23-22)11-13(20)3-4-15-16-5-6-18(24)21(16,2)10-8-17(15)20/h11,14-18,24H,3-10,12,22H2,1-2H3,(H,23,25)/t14-,15?,16?,17?,18?,20?,21?/m0/s1. The molecule has 0 aliphatic heterocycles. The average molecular weight is 363 g/mol. The van der Waals surface area contributed by atoms with Crippen LogP contribution in [0.15, 0.2) is 11.6 Å². The minimum atomic E-state index is -0.271. The number of carbonyl (C=O) groups is 1. The molecule has 146 valence electrons. The highest BCUT2D eigenvalue weighted by Crippen LogP contribution is 2.65. The fraction of sp³-hybridized carbons (Fsp3) is 0.857. The zero-order chi connectivity index (χ0) is 18.5. The first kappa shape index (κ1) is 18.5. The van der Waals surface area contributed by atoms with Gasteiger partial charge in [-0.2, -0.15) is 0 Å². The summed E-state index contributed by atoms with van der Waals surface area (Å²) in [5, 5.41) is 10.6. The number of hydrogen-bond acceptors (Lipinski definition) is 4. The molecule has 6 unspecified atom stereocenters. The second kappa shape index (κ2) is 6.61. The Morgan fingerprint density at radius 1 is 1.23 bits per heavy atom. The second-order valence-corrected chi connectivity index (χ2v) is 9.62. The van der Waals surface area contributed by atoms with Gasteiger partial charge in [-0.15, -0.1) is 0 Å². The number of carbonyl (C=O) groups excluding carboxylic acids is 1. The van der Waals surface area contributed by atoms with Crippen molar-refractivity contribution in [1.29, 1.82) is 0 Å². The fourth-order valence-electron chi connectivity index (χ4n) is 7.02. The van der Waals surface area contributed by atoms with Crippen LogP contribution in [0, 0.1) is 28.6 Å². The number of hydrazine groups is 1. The quantitative estimate of drug-likeness (QED) is 0.312. The third-order valence-electron chi connectivity index (χ3n) is 8.61. The smallest absolute Gasteiger partial charge is 0.259 e. The fourth-order valence-corrected chi connectivity index (χ4v) is 7.02. The monoisotopic (exact) mass is 362 g/mol. The van der Waals surface area contributed by atoms with Crippen LogP contribution in [0.2, 0.25) is 0 Å². The number of amides is 1. The third kappa shape index (κ3) is 2.74. The van der Waals surface area contributed by atoms with Crippen LogP contribution < -0.4 is 11.3 Å². The van der Waals surface area contributed by atoms with Crippen molar-refractivity contribution in [2.45, 2.75) is 77.4 Å². The van der Waals surface area contributed by atoms with E-state index in [1.54, 1.807) is 5.57 Å². The van der Waals surface area contributed by atoms with Crippen LogP contribution >= 0.6 is 0 Å². The summed E-state index contributed by atoms with van der Waals surface area (Å²) in [5.74, 6) is 7.05. The maximum absolute atomic E-state index is 11.3. The van der Waals surface area contributed by atoms with E-state index in [1.165, 1.54) is 25.7 Å². The highest BCUT2D eigenvalue weighted by Gasteiger charge is 2.58. The van der Waals surface area contributed by atoms with E-state index in [2.05, 4.69) is 25.3 Å². The van der Waals surface area contributed by atoms with Gasteiger partial charge in [0, 0.05) is 0 Å². The molecule has 0 aromatic rings. The number of ether oxygens (including phenoxy) is 1. The van der Waals surface area contributed by atoms with Crippen LogP contribution in [0.5, 0.6) is 0 Å². The lowest BCUT2D eigenvalue weighted by molar-refractivity contribution is -0.127. The van der Waals surface area contributed by atoms with E-state index in [1.807, 2.05) is 0 Å². The molecule has 0 bridgehead atoms. The summed E-state index contributed by atoms with van der Waals surface area (Å²) >= 11 is 0. The van der Waals surface area contributed by atoms with Crippen molar-refractivity contribution in [2.24, 2.45) is 34.4 Å². The predicted octanol–water partition coefficient (Wildman–Crippen LogP) is 2.69. The zero-order valence-electron chi connectivity index (χ0n) is 16.2. The topological polar surface area (TPSA) is 84.6 Å². The number of allylic oxidation sites excluding steroid dienone is 1. The van der Waals surface area contributed by atoms with Gasteiger partial charge in [-0.05, 0) is 80.0 Å². The Labute approximate surface area is 156 Å². The van der Waals surface area contributed by atoms with Crippen molar-refractivity contribution in [1.82, 2.24) is 5.43 Å². The van der Waals surface area contributed by atoms with Crippen LogP contribution in [-0.4, -0.2) is 29.8 Å². The first-order chi connectivity index (χ1) is 12.4. The van der Waals surface area contributed by atoms with Crippen molar-refractivity contribution in [3.05, 3.63) is 11.6 Å². The molecule has 0 aromatic heterocycles. The number of hydrogen-bond donors (Lipinski definition) is 3. The summed E-state index contributed by atoms with van der Waals surface area (Å²) in [6.07, 6.45) is 11.3. The van der Waals surface area contributed by atoms with Crippen molar-refractivity contribution in [3.8, 4) is 0 Å². The summed E-state index contributed by atoms with van der Waals surface area (Å²) in [4.78, 5) is 11.3. The van der Waals surface area contributed by atoms with Crippen LogP contribution in [0.1, 0.15) is 65.2 Å². The summed E-state index contributed by atoms with van der Waals surface area (Å²) in [5.41, 5.74) is 4.09. The first-order valence-electron chi connectivity index (χ1n) is 10.4. The molecular formula is C21H34N2O3. The van der Waals surface area contributed by atoms with E-state index in [0.29, 0.717) is 5.92 Å². The van der Waals surface area contributed by atoms with Crippen molar-refractivity contribution >= 4 is 5.91 Å². The number of rotatable bonds is 3. The van der Waals surface area contributed by atoms with Crippen LogP contribution in [-0.2, 0) is 9.53 Å². The Bertz CT molecular complexity index is 606. The highest BCUT2D eigenvalue weighted by molar-refractivity contribution is 5.76. The van der Waals surface area contributed by atoms with Gasteiger partial charge in [0.05, 0.1) is 12.2 Å². The molecule has 1 amide bonds. The van der Waals surface area contributed by atoms with E-state index in [4.69, 9.17) is 10.6 Å². The number of nitrogens with one attached hydrogen (secondary N) is 1. The van der Waals surface area contributed by atoms with Gasteiger partial charge in [0.25, 0.3) is 5.91 Å². The van der Waals surface area contributed by atoms with Gasteiger partial charge in [-0.1, -0.05) is 25.5 Å². The minimum absolute atomic E-state index is 0.0338. The van der Waals surface area contributed by atoms with Gasteiger partial charge in [0.2, 0.25) is 0 Å². The van der Waals surface area contributed by atoms with Crippen molar-refractivity contribution in [2.75, 3.05) is 6.61 Å².